The van der Waals surface area contributed by atoms with E-state index < -0.39 is 0 Å². The van der Waals surface area contributed by atoms with Gasteiger partial charge in [0.25, 0.3) is 0 Å². The highest BCUT2D eigenvalue weighted by Gasteiger charge is 2.21. The molecule has 3 nitrogen and oxygen atoms in total. The van der Waals surface area contributed by atoms with Crippen LogP contribution in [0.25, 0.3) is 0 Å². The van der Waals surface area contributed by atoms with Gasteiger partial charge in [0.2, 0.25) is 0 Å². The highest BCUT2D eigenvalue weighted by molar-refractivity contribution is 5.38. The molecule has 0 aromatic heterocycles. The zero-order valence-electron chi connectivity index (χ0n) is 11.2. The van der Waals surface area contributed by atoms with Crippen LogP contribution in [0.15, 0.2) is 18.2 Å². The topological polar surface area (TPSA) is 44.5 Å². The molecule has 0 aliphatic rings. The number of aryl methyl sites for hydroxylation is 1. The van der Waals surface area contributed by atoms with Gasteiger partial charge in [0.05, 0.1) is 13.7 Å². The average Bonchev–Trinajstić information content (AvgIpc) is 2.26. The molecule has 1 aromatic carbocycles. The lowest BCUT2D eigenvalue weighted by atomic mass is 9.93. The zero-order valence-corrected chi connectivity index (χ0v) is 11.2. The summed E-state index contributed by atoms with van der Waals surface area (Å²) in [6.45, 7) is 7.30. The molecule has 2 N–H and O–H groups in total. The fourth-order valence-corrected chi connectivity index (χ4v) is 1.87. The van der Waals surface area contributed by atoms with Crippen LogP contribution in [0.4, 0.5) is 0 Å². The van der Waals surface area contributed by atoms with Gasteiger partial charge < -0.3 is 15.2 Å². The maximum Gasteiger partial charge on any atom is 0.122 e. The van der Waals surface area contributed by atoms with Crippen LogP contribution < -0.4 is 10.5 Å². The monoisotopic (exact) mass is 237 g/mol. The minimum atomic E-state index is -0.364. The number of methoxy groups -OCH3 is 1. The molecule has 96 valence electrons. The molecule has 0 saturated carbocycles. The first-order chi connectivity index (χ1) is 7.98. The van der Waals surface area contributed by atoms with Crippen LogP contribution in [0.2, 0.25) is 0 Å². The van der Waals surface area contributed by atoms with Crippen molar-refractivity contribution >= 4 is 0 Å². The highest BCUT2D eigenvalue weighted by atomic mass is 16.5. The van der Waals surface area contributed by atoms with Crippen molar-refractivity contribution in [1.29, 1.82) is 0 Å². The summed E-state index contributed by atoms with van der Waals surface area (Å²) >= 11 is 0. The second-order valence-corrected chi connectivity index (χ2v) is 4.78. The van der Waals surface area contributed by atoms with E-state index >= 15 is 0 Å². The molecular weight excluding hydrogens is 214 g/mol. The van der Waals surface area contributed by atoms with Gasteiger partial charge in [-0.3, -0.25) is 0 Å². The number of hydrogen-bond donors (Lipinski definition) is 1. The number of rotatable bonds is 6. The van der Waals surface area contributed by atoms with Gasteiger partial charge in [-0.2, -0.15) is 0 Å². The summed E-state index contributed by atoms with van der Waals surface area (Å²) < 4.78 is 10.8. The van der Waals surface area contributed by atoms with Crippen molar-refractivity contribution in [2.75, 3.05) is 20.3 Å². The SMILES string of the molecule is CCOCC(C)(N)Cc1cc(C)ccc1OC. The summed E-state index contributed by atoms with van der Waals surface area (Å²) in [4.78, 5) is 0. The van der Waals surface area contributed by atoms with Gasteiger partial charge in [0.15, 0.2) is 0 Å². The summed E-state index contributed by atoms with van der Waals surface area (Å²) in [5.74, 6) is 0.892. The van der Waals surface area contributed by atoms with Crippen molar-refractivity contribution in [3.8, 4) is 5.75 Å². The molecule has 0 amide bonds. The van der Waals surface area contributed by atoms with Crippen molar-refractivity contribution in [3.05, 3.63) is 29.3 Å². The van der Waals surface area contributed by atoms with Gasteiger partial charge in [-0.15, -0.1) is 0 Å². The third-order valence-electron chi connectivity index (χ3n) is 2.67. The molecule has 1 rings (SSSR count). The highest BCUT2D eigenvalue weighted by Crippen LogP contribution is 2.23. The van der Waals surface area contributed by atoms with E-state index in [0.29, 0.717) is 13.2 Å². The summed E-state index contributed by atoms with van der Waals surface area (Å²) in [5.41, 5.74) is 8.22. The van der Waals surface area contributed by atoms with Crippen LogP contribution in [-0.4, -0.2) is 25.9 Å². The molecule has 0 spiro atoms. The first-order valence-electron chi connectivity index (χ1n) is 5.98. The largest absolute Gasteiger partial charge is 0.496 e. The predicted molar refractivity (Wildman–Crippen MR) is 70.5 cm³/mol. The van der Waals surface area contributed by atoms with E-state index in [1.54, 1.807) is 7.11 Å². The fourth-order valence-electron chi connectivity index (χ4n) is 1.87. The smallest absolute Gasteiger partial charge is 0.122 e. The van der Waals surface area contributed by atoms with Gasteiger partial charge >= 0.3 is 0 Å². The second kappa shape index (κ2) is 6.03. The van der Waals surface area contributed by atoms with Crippen LogP contribution in [-0.2, 0) is 11.2 Å². The van der Waals surface area contributed by atoms with E-state index in [1.807, 2.05) is 26.0 Å². The summed E-state index contributed by atoms with van der Waals surface area (Å²) in [6.07, 6.45) is 0.748. The van der Waals surface area contributed by atoms with E-state index in [0.717, 1.165) is 17.7 Å². The van der Waals surface area contributed by atoms with Crippen molar-refractivity contribution in [3.63, 3.8) is 0 Å². The Morgan fingerprint density at radius 1 is 1.35 bits per heavy atom. The predicted octanol–water partition coefficient (Wildman–Crippen LogP) is 2.30. The first-order valence-corrected chi connectivity index (χ1v) is 5.98. The van der Waals surface area contributed by atoms with E-state index in [4.69, 9.17) is 15.2 Å². The molecule has 1 atom stereocenters. The minimum Gasteiger partial charge on any atom is -0.496 e. The molecule has 0 radical (unpaired) electrons. The Bertz CT molecular complexity index is 361. The Kier molecular flexibility index (Phi) is 4.97. The lowest BCUT2D eigenvalue weighted by molar-refractivity contribution is 0.101. The number of hydrogen-bond acceptors (Lipinski definition) is 3. The van der Waals surface area contributed by atoms with Crippen LogP contribution in [0, 0.1) is 6.92 Å². The molecule has 17 heavy (non-hydrogen) atoms. The van der Waals surface area contributed by atoms with Crippen molar-refractivity contribution in [2.24, 2.45) is 5.73 Å². The van der Waals surface area contributed by atoms with Crippen LogP contribution >= 0.6 is 0 Å². The van der Waals surface area contributed by atoms with Crippen molar-refractivity contribution < 1.29 is 9.47 Å². The van der Waals surface area contributed by atoms with E-state index in [9.17, 15) is 0 Å². The number of nitrogens with two attached hydrogens (primary N) is 1. The Morgan fingerprint density at radius 2 is 2.06 bits per heavy atom. The normalized spacial score (nSPS) is 14.4. The standard InChI is InChI=1S/C14H23NO2/c1-5-17-10-14(3,15)9-12-8-11(2)6-7-13(12)16-4/h6-8H,5,9-10,15H2,1-4H3. The van der Waals surface area contributed by atoms with E-state index in [2.05, 4.69) is 13.0 Å². The van der Waals surface area contributed by atoms with Gasteiger partial charge in [-0.25, -0.2) is 0 Å². The molecule has 0 fully saturated rings. The fraction of sp³-hybridized carbons (Fsp3) is 0.571. The Hall–Kier alpha value is -1.06. The number of ether oxygens (including phenoxy) is 2. The van der Waals surface area contributed by atoms with E-state index in [-0.39, 0.29) is 5.54 Å². The average molecular weight is 237 g/mol. The molecule has 0 heterocycles. The van der Waals surface area contributed by atoms with Crippen LogP contribution in [0.3, 0.4) is 0 Å². The van der Waals surface area contributed by atoms with Gasteiger partial charge in [-0.1, -0.05) is 17.7 Å². The lowest BCUT2D eigenvalue weighted by Gasteiger charge is -2.25. The summed E-state index contributed by atoms with van der Waals surface area (Å²) in [7, 11) is 1.69. The molecule has 0 aliphatic heterocycles. The Labute approximate surface area is 104 Å². The van der Waals surface area contributed by atoms with Gasteiger partial charge in [-0.05, 0) is 38.8 Å². The summed E-state index contributed by atoms with van der Waals surface area (Å²) in [6, 6.07) is 6.15. The molecule has 0 aliphatic carbocycles. The third-order valence-corrected chi connectivity index (χ3v) is 2.67. The molecule has 3 heteroatoms. The van der Waals surface area contributed by atoms with Gasteiger partial charge in [0, 0.05) is 12.1 Å². The number of benzene rings is 1. The van der Waals surface area contributed by atoms with Crippen LogP contribution in [0.1, 0.15) is 25.0 Å². The second-order valence-electron chi connectivity index (χ2n) is 4.78. The maximum atomic E-state index is 6.23. The van der Waals surface area contributed by atoms with Crippen LogP contribution in [0.5, 0.6) is 5.75 Å². The summed E-state index contributed by atoms with van der Waals surface area (Å²) in [5, 5.41) is 0. The first kappa shape index (κ1) is 14.0. The molecule has 1 unspecified atom stereocenters. The quantitative estimate of drug-likeness (QED) is 0.825. The Balaban J connectivity index is 2.82. The minimum absolute atomic E-state index is 0.364. The lowest BCUT2D eigenvalue weighted by Crippen LogP contribution is -2.43. The van der Waals surface area contributed by atoms with E-state index in [1.165, 1.54) is 5.56 Å². The maximum absolute atomic E-state index is 6.23. The molecule has 1 aromatic rings. The molecule has 0 bridgehead atoms. The van der Waals surface area contributed by atoms with Gasteiger partial charge in [0.1, 0.15) is 5.75 Å². The van der Waals surface area contributed by atoms with Crippen molar-refractivity contribution in [2.45, 2.75) is 32.7 Å². The Morgan fingerprint density at radius 3 is 2.65 bits per heavy atom. The third kappa shape index (κ3) is 4.36. The molecular formula is C14H23NO2. The molecule has 0 saturated heterocycles. The zero-order chi connectivity index (χ0) is 12.9. The van der Waals surface area contributed by atoms with Crippen molar-refractivity contribution in [1.82, 2.24) is 0 Å².